The van der Waals surface area contributed by atoms with Gasteiger partial charge in [0.25, 0.3) is 5.91 Å². The van der Waals surface area contributed by atoms with E-state index in [2.05, 4.69) is 27.4 Å². The number of nitrogens with one attached hydrogen (secondary N) is 1. The van der Waals surface area contributed by atoms with Crippen molar-refractivity contribution in [2.75, 3.05) is 24.5 Å². The molecule has 2 N–H and O–H groups in total. The lowest BCUT2D eigenvalue weighted by molar-refractivity contribution is 0.0689. The van der Waals surface area contributed by atoms with Gasteiger partial charge < -0.3 is 15.3 Å². The molecule has 0 radical (unpaired) electrons. The first kappa shape index (κ1) is 16.0. The normalized spacial score (nSPS) is 13.5. The zero-order valence-corrected chi connectivity index (χ0v) is 13.5. The summed E-state index contributed by atoms with van der Waals surface area (Å²) in [7, 11) is 1.56. The van der Waals surface area contributed by atoms with Crippen LogP contribution in [0.2, 0.25) is 0 Å². The van der Waals surface area contributed by atoms with Gasteiger partial charge in [0.2, 0.25) is 0 Å². The summed E-state index contributed by atoms with van der Waals surface area (Å²) < 4.78 is 1.29. The van der Waals surface area contributed by atoms with Crippen LogP contribution in [0.15, 0.2) is 30.3 Å². The lowest BCUT2D eigenvalue weighted by Crippen LogP contribution is -2.38. The number of aromatic carboxylic acids is 1. The number of amides is 1. The number of carbonyl (C=O) groups is 2. The second kappa shape index (κ2) is 6.74. The summed E-state index contributed by atoms with van der Waals surface area (Å²) in [5, 5.41) is 15.6. The van der Waals surface area contributed by atoms with E-state index in [1.54, 1.807) is 7.05 Å². The van der Waals surface area contributed by atoms with Crippen LogP contribution in [0, 0.1) is 0 Å². The number of rotatable bonds is 5. The van der Waals surface area contributed by atoms with Crippen LogP contribution in [-0.4, -0.2) is 46.4 Å². The Morgan fingerprint density at radius 3 is 2.88 bits per heavy atom. The maximum atomic E-state index is 12.2. The molecule has 7 heteroatoms. The number of benzene rings is 1. The minimum Gasteiger partial charge on any atom is -0.476 e. The number of hydrogen-bond acceptors (Lipinski definition) is 4. The number of aromatic nitrogens is 2. The summed E-state index contributed by atoms with van der Waals surface area (Å²) in [6, 6.07) is 9.61. The summed E-state index contributed by atoms with van der Waals surface area (Å²) >= 11 is 0. The molecule has 0 unspecified atom stereocenters. The Labute approximate surface area is 139 Å². The Bertz CT molecular complexity index is 769. The van der Waals surface area contributed by atoms with Crippen LogP contribution < -0.4 is 10.2 Å². The maximum Gasteiger partial charge on any atom is 0.356 e. The predicted octanol–water partition coefficient (Wildman–Crippen LogP) is 1.30. The van der Waals surface area contributed by atoms with Crippen LogP contribution in [0.4, 0.5) is 5.69 Å². The first-order valence-corrected chi connectivity index (χ1v) is 7.94. The van der Waals surface area contributed by atoms with Crippen molar-refractivity contribution in [1.82, 2.24) is 15.1 Å². The molecule has 0 fully saturated rings. The molecule has 1 aliphatic rings. The molecule has 0 atom stereocenters. The van der Waals surface area contributed by atoms with E-state index in [1.165, 1.54) is 22.0 Å². The SMILES string of the molecule is Cn1nc(C(=O)O)cc1C(=O)NCCN1CCCc2ccccc21. The molecular formula is C17H20N4O3. The van der Waals surface area contributed by atoms with Gasteiger partial charge in [-0.3, -0.25) is 9.48 Å². The smallest absolute Gasteiger partial charge is 0.356 e. The van der Waals surface area contributed by atoms with E-state index in [0.29, 0.717) is 13.1 Å². The van der Waals surface area contributed by atoms with Gasteiger partial charge in [-0.25, -0.2) is 4.79 Å². The van der Waals surface area contributed by atoms with Gasteiger partial charge in [-0.15, -0.1) is 0 Å². The van der Waals surface area contributed by atoms with Crippen molar-refractivity contribution in [3.8, 4) is 0 Å². The van der Waals surface area contributed by atoms with Crippen LogP contribution in [-0.2, 0) is 13.5 Å². The minimum atomic E-state index is -1.14. The van der Waals surface area contributed by atoms with Crippen molar-refractivity contribution in [2.45, 2.75) is 12.8 Å². The van der Waals surface area contributed by atoms with Gasteiger partial charge >= 0.3 is 5.97 Å². The van der Waals surface area contributed by atoms with Crippen molar-refractivity contribution >= 4 is 17.6 Å². The second-order valence-electron chi connectivity index (χ2n) is 5.82. The van der Waals surface area contributed by atoms with E-state index in [-0.39, 0.29) is 17.3 Å². The first-order chi connectivity index (χ1) is 11.6. The van der Waals surface area contributed by atoms with Crippen molar-refractivity contribution < 1.29 is 14.7 Å². The van der Waals surface area contributed by atoms with E-state index in [9.17, 15) is 9.59 Å². The van der Waals surface area contributed by atoms with Crippen LogP contribution in [0.1, 0.15) is 33.0 Å². The molecule has 1 aromatic heterocycles. The topological polar surface area (TPSA) is 87.5 Å². The zero-order chi connectivity index (χ0) is 17.1. The third-order valence-corrected chi connectivity index (χ3v) is 4.21. The molecule has 7 nitrogen and oxygen atoms in total. The monoisotopic (exact) mass is 328 g/mol. The summed E-state index contributed by atoms with van der Waals surface area (Å²) in [5.74, 6) is -1.46. The largest absolute Gasteiger partial charge is 0.476 e. The van der Waals surface area contributed by atoms with Gasteiger partial charge in [0.1, 0.15) is 5.69 Å². The number of carboxylic acid groups (broad SMARTS) is 1. The standard InChI is InChI=1S/C17H20N4O3/c1-20-15(11-13(19-20)17(23)24)16(22)18-8-10-21-9-4-6-12-5-2-3-7-14(12)21/h2-3,5,7,11H,4,6,8-10H2,1H3,(H,18,22)(H,23,24). The fraction of sp³-hybridized carbons (Fsp3) is 0.353. The minimum absolute atomic E-state index is 0.132. The van der Waals surface area contributed by atoms with Gasteiger partial charge in [-0.1, -0.05) is 18.2 Å². The van der Waals surface area contributed by atoms with E-state index in [4.69, 9.17) is 5.11 Å². The number of carbonyl (C=O) groups excluding carboxylic acids is 1. The van der Waals surface area contributed by atoms with E-state index in [1.807, 2.05) is 12.1 Å². The number of carboxylic acids is 1. The lowest BCUT2D eigenvalue weighted by Gasteiger charge is -2.31. The summed E-state index contributed by atoms with van der Waals surface area (Å²) in [5.41, 5.74) is 2.68. The summed E-state index contributed by atoms with van der Waals surface area (Å²) in [6.07, 6.45) is 2.20. The fourth-order valence-corrected chi connectivity index (χ4v) is 3.02. The quantitative estimate of drug-likeness (QED) is 0.864. The molecule has 1 aromatic carbocycles. The molecule has 2 aromatic rings. The number of nitrogens with zero attached hydrogens (tertiary/aromatic N) is 3. The van der Waals surface area contributed by atoms with Gasteiger partial charge in [0.15, 0.2) is 5.69 Å². The second-order valence-corrected chi connectivity index (χ2v) is 5.82. The third-order valence-electron chi connectivity index (χ3n) is 4.21. The Morgan fingerprint density at radius 2 is 2.12 bits per heavy atom. The average Bonchev–Trinajstić information content (AvgIpc) is 2.97. The van der Waals surface area contributed by atoms with Crippen LogP contribution in [0.3, 0.4) is 0 Å². The maximum absolute atomic E-state index is 12.2. The van der Waals surface area contributed by atoms with Crippen LogP contribution >= 0.6 is 0 Å². The highest BCUT2D eigenvalue weighted by atomic mass is 16.4. The molecule has 3 rings (SSSR count). The van der Waals surface area contributed by atoms with E-state index < -0.39 is 5.97 Å². The van der Waals surface area contributed by atoms with E-state index in [0.717, 1.165) is 19.4 Å². The van der Waals surface area contributed by atoms with E-state index >= 15 is 0 Å². The van der Waals surface area contributed by atoms with Crippen molar-refractivity contribution in [2.24, 2.45) is 7.05 Å². The Kier molecular flexibility index (Phi) is 4.50. The summed E-state index contributed by atoms with van der Waals surface area (Å²) in [4.78, 5) is 25.4. The molecule has 1 aliphatic heterocycles. The number of fused-ring (bicyclic) bond motifs is 1. The molecule has 0 saturated heterocycles. The Hall–Kier alpha value is -2.83. The number of aryl methyl sites for hydroxylation is 2. The first-order valence-electron chi connectivity index (χ1n) is 7.94. The molecule has 0 bridgehead atoms. The number of para-hydroxylation sites is 1. The number of anilines is 1. The van der Waals surface area contributed by atoms with Gasteiger partial charge in [0.05, 0.1) is 0 Å². The summed E-state index contributed by atoms with van der Waals surface area (Å²) in [6.45, 7) is 2.18. The van der Waals surface area contributed by atoms with Gasteiger partial charge in [0, 0.05) is 38.4 Å². The molecule has 1 amide bonds. The molecule has 0 spiro atoms. The molecular weight excluding hydrogens is 308 g/mol. The molecule has 24 heavy (non-hydrogen) atoms. The highest BCUT2D eigenvalue weighted by Crippen LogP contribution is 2.25. The van der Waals surface area contributed by atoms with Crippen LogP contribution in [0.25, 0.3) is 0 Å². The van der Waals surface area contributed by atoms with Crippen molar-refractivity contribution in [3.63, 3.8) is 0 Å². The highest BCUT2D eigenvalue weighted by Gasteiger charge is 2.18. The van der Waals surface area contributed by atoms with Crippen molar-refractivity contribution in [1.29, 1.82) is 0 Å². The van der Waals surface area contributed by atoms with Gasteiger partial charge in [-0.2, -0.15) is 5.10 Å². The van der Waals surface area contributed by atoms with Gasteiger partial charge in [-0.05, 0) is 24.5 Å². The number of hydrogen-bond donors (Lipinski definition) is 2. The zero-order valence-electron chi connectivity index (χ0n) is 13.5. The third kappa shape index (κ3) is 3.24. The molecule has 126 valence electrons. The molecule has 2 heterocycles. The molecule has 0 saturated carbocycles. The fourth-order valence-electron chi connectivity index (χ4n) is 3.02. The lowest BCUT2D eigenvalue weighted by atomic mass is 10.0. The molecule has 0 aliphatic carbocycles. The highest BCUT2D eigenvalue weighted by molar-refractivity contribution is 5.95. The average molecular weight is 328 g/mol. The van der Waals surface area contributed by atoms with Crippen LogP contribution in [0.5, 0.6) is 0 Å². The Morgan fingerprint density at radius 1 is 1.33 bits per heavy atom. The Balaban J connectivity index is 1.59. The van der Waals surface area contributed by atoms with Crippen molar-refractivity contribution in [3.05, 3.63) is 47.3 Å². The predicted molar refractivity (Wildman–Crippen MR) is 89.5 cm³/mol.